The second-order valence-electron chi connectivity index (χ2n) is 4.81. The fourth-order valence-corrected chi connectivity index (χ4v) is 3.07. The van der Waals surface area contributed by atoms with Crippen molar-refractivity contribution in [1.82, 2.24) is 9.97 Å². The van der Waals surface area contributed by atoms with E-state index in [1.807, 2.05) is 30.6 Å². The molecule has 0 saturated heterocycles. The Morgan fingerprint density at radius 1 is 1.20 bits per heavy atom. The first-order valence-corrected chi connectivity index (χ1v) is 7.29. The molecule has 0 radical (unpaired) electrons. The lowest BCUT2D eigenvalue weighted by Gasteiger charge is -2.20. The molecule has 102 valence electrons. The van der Waals surface area contributed by atoms with Crippen molar-refractivity contribution in [2.45, 2.75) is 13.5 Å². The van der Waals surface area contributed by atoms with E-state index < -0.39 is 0 Å². The fraction of sp³-hybridized carbons (Fsp3) is 0.200. The van der Waals surface area contributed by atoms with Gasteiger partial charge in [0, 0.05) is 12.7 Å². The number of aryl methyl sites for hydroxylation is 1. The first-order chi connectivity index (χ1) is 9.65. The van der Waals surface area contributed by atoms with Gasteiger partial charge in [0.2, 0.25) is 0 Å². The Labute approximate surface area is 121 Å². The number of nitrogens with two attached hydrogens (primary N) is 1. The zero-order valence-electron chi connectivity index (χ0n) is 11.5. The van der Waals surface area contributed by atoms with Gasteiger partial charge < -0.3 is 10.6 Å². The smallest absolute Gasteiger partial charge is 0.151 e. The summed E-state index contributed by atoms with van der Waals surface area (Å²) in [4.78, 5) is 12.1. The van der Waals surface area contributed by atoms with Gasteiger partial charge in [-0.15, -0.1) is 11.3 Å². The van der Waals surface area contributed by atoms with E-state index in [9.17, 15) is 0 Å². The summed E-state index contributed by atoms with van der Waals surface area (Å²) in [5.74, 6) is 1.31. The van der Waals surface area contributed by atoms with Gasteiger partial charge in [-0.25, -0.2) is 9.97 Å². The van der Waals surface area contributed by atoms with Crippen molar-refractivity contribution in [2.24, 2.45) is 0 Å². The standard InChI is InChI=1S/C15H16N4S/c1-10-5-3-4-6-12(10)19(2)9-13-17-14(16)11-7-8-20-15(11)18-13/h3-8H,9H2,1-2H3,(H2,16,17,18). The van der Waals surface area contributed by atoms with Gasteiger partial charge in [-0.1, -0.05) is 18.2 Å². The Kier molecular flexibility index (Phi) is 3.28. The monoisotopic (exact) mass is 284 g/mol. The molecule has 0 unspecified atom stereocenters. The highest BCUT2D eigenvalue weighted by atomic mass is 32.1. The van der Waals surface area contributed by atoms with Gasteiger partial charge in [-0.3, -0.25) is 0 Å². The largest absolute Gasteiger partial charge is 0.383 e. The van der Waals surface area contributed by atoms with Gasteiger partial charge in [-0.05, 0) is 30.0 Å². The van der Waals surface area contributed by atoms with Crippen LogP contribution in [0.3, 0.4) is 0 Å². The van der Waals surface area contributed by atoms with E-state index in [4.69, 9.17) is 5.73 Å². The van der Waals surface area contributed by atoms with E-state index in [-0.39, 0.29) is 0 Å². The summed E-state index contributed by atoms with van der Waals surface area (Å²) in [6.45, 7) is 2.74. The third-order valence-corrected chi connectivity index (χ3v) is 4.11. The van der Waals surface area contributed by atoms with Crippen LogP contribution >= 0.6 is 11.3 Å². The van der Waals surface area contributed by atoms with E-state index in [0.29, 0.717) is 12.4 Å². The lowest BCUT2D eigenvalue weighted by Crippen LogP contribution is -2.19. The van der Waals surface area contributed by atoms with Crippen LogP contribution < -0.4 is 10.6 Å². The van der Waals surface area contributed by atoms with Crippen molar-refractivity contribution in [2.75, 3.05) is 17.7 Å². The Morgan fingerprint density at radius 2 is 2.00 bits per heavy atom. The number of nitrogens with zero attached hydrogens (tertiary/aromatic N) is 3. The minimum absolute atomic E-state index is 0.560. The summed E-state index contributed by atoms with van der Waals surface area (Å²) in [5, 5.41) is 2.93. The van der Waals surface area contributed by atoms with Gasteiger partial charge in [-0.2, -0.15) is 0 Å². The highest BCUT2D eigenvalue weighted by molar-refractivity contribution is 7.16. The van der Waals surface area contributed by atoms with Gasteiger partial charge in [0.1, 0.15) is 10.6 Å². The van der Waals surface area contributed by atoms with Crippen molar-refractivity contribution >= 4 is 33.1 Å². The number of thiophene rings is 1. The van der Waals surface area contributed by atoms with Crippen LogP contribution in [0.25, 0.3) is 10.2 Å². The fourth-order valence-electron chi connectivity index (χ4n) is 2.28. The first kappa shape index (κ1) is 12.9. The number of aromatic nitrogens is 2. The molecule has 0 saturated carbocycles. The number of para-hydroxylation sites is 1. The van der Waals surface area contributed by atoms with Crippen LogP contribution in [0.4, 0.5) is 11.5 Å². The Balaban J connectivity index is 1.91. The lowest BCUT2D eigenvalue weighted by molar-refractivity contribution is 0.848. The predicted molar refractivity (Wildman–Crippen MR) is 85.1 cm³/mol. The first-order valence-electron chi connectivity index (χ1n) is 6.41. The summed E-state index contributed by atoms with van der Waals surface area (Å²) in [5.41, 5.74) is 8.40. The van der Waals surface area contributed by atoms with E-state index in [0.717, 1.165) is 16.0 Å². The second-order valence-corrected chi connectivity index (χ2v) is 5.70. The van der Waals surface area contributed by atoms with Crippen molar-refractivity contribution in [3.63, 3.8) is 0 Å². The minimum Gasteiger partial charge on any atom is -0.383 e. The van der Waals surface area contributed by atoms with E-state index in [2.05, 4.69) is 33.9 Å². The number of anilines is 2. The normalized spacial score (nSPS) is 10.9. The summed E-state index contributed by atoms with van der Waals surface area (Å²) in [7, 11) is 2.04. The van der Waals surface area contributed by atoms with Gasteiger partial charge in [0.15, 0.2) is 5.82 Å². The highest BCUT2D eigenvalue weighted by Crippen LogP contribution is 2.24. The maximum atomic E-state index is 5.98. The molecule has 0 aliphatic rings. The second kappa shape index (κ2) is 5.09. The molecular weight excluding hydrogens is 268 g/mol. The molecule has 2 N–H and O–H groups in total. The van der Waals surface area contributed by atoms with Crippen molar-refractivity contribution < 1.29 is 0 Å². The van der Waals surface area contributed by atoms with Crippen LogP contribution in [-0.2, 0) is 6.54 Å². The third kappa shape index (κ3) is 2.32. The molecule has 0 spiro atoms. The van der Waals surface area contributed by atoms with Crippen molar-refractivity contribution in [3.8, 4) is 0 Å². The molecule has 0 fully saturated rings. The Hall–Kier alpha value is -2.14. The summed E-state index contributed by atoms with van der Waals surface area (Å²) in [6, 6.07) is 10.2. The molecule has 0 atom stereocenters. The van der Waals surface area contributed by atoms with Gasteiger partial charge in [0.05, 0.1) is 11.9 Å². The molecule has 5 heteroatoms. The maximum absolute atomic E-state index is 5.98. The van der Waals surface area contributed by atoms with E-state index >= 15 is 0 Å². The van der Waals surface area contributed by atoms with Crippen molar-refractivity contribution in [3.05, 3.63) is 47.1 Å². The van der Waals surface area contributed by atoms with E-state index in [1.165, 1.54) is 11.3 Å². The Bertz CT molecular complexity index is 750. The summed E-state index contributed by atoms with van der Waals surface area (Å²) >= 11 is 1.59. The molecule has 20 heavy (non-hydrogen) atoms. The number of rotatable bonds is 3. The third-order valence-electron chi connectivity index (χ3n) is 3.31. The van der Waals surface area contributed by atoms with E-state index in [1.54, 1.807) is 11.3 Å². The van der Waals surface area contributed by atoms with Crippen LogP contribution in [0.5, 0.6) is 0 Å². The van der Waals surface area contributed by atoms with Crippen LogP contribution in [0.1, 0.15) is 11.4 Å². The summed E-state index contributed by atoms with van der Waals surface area (Å²) < 4.78 is 0. The lowest BCUT2D eigenvalue weighted by atomic mass is 10.2. The van der Waals surface area contributed by atoms with Gasteiger partial charge in [0.25, 0.3) is 0 Å². The predicted octanol–water partition coefficient (Wildman–Crippen LogP) is 3.22. The number of fused-ring (bicyclic) bond motifs is 1. The average Bonchev–Trinajstić information content (AvgIpc) is 2.88. The molecule has 0 aliphatic heterocycles. The number of hydrogen-bond acceptors (Lipinski definition) is 5. The van der Waals surface area contributed by atoms with Crippen LogP contribution in [0.15, 0.2) is 35.7 Å². The minimum atomic E-state index is 0.560. The number of benzene rings is 1. The van der Waals surface area contributed by atoms with Crippen LogP contribution in [0, 0.1) is 6.92 Å². The SMILES string of the molecule is Cc1ccccc1N(C)Cc1nc(N)c2ccsc2n1. The van der Waals surface area contributed by atoms with Crippen LogP contribution in [-0.4, -0.2) is 17.0 Å². The molecule has 2 aromatic heterocycles. The zero-order chi connectivity index (χ0) is 14.1. The average molecular weight is 284 g/mol. The number of hydrogen-bond donors (Lipinski definition) is 1. The highest BCUT2D eigenvalue weighted by Gasteiger charge is 2.10. The topological polar surface area (TPSA) is 55.0 Å². The molecule has 4 nitrogen and oxygen atoms in total. The molecule has 0 aliphatic carbocycles. The molecule has 0 bridgehead atoms. The number of nitrogen functional groups attached to an aromatic ring is 1. The van der Waals surface area contributed by atoms with Crippen molar-refractivity contribution in [1.29, 1.82) is 0 Å². The Morgan fingerprint density at radius 3 is 2.80 bits per heavy atom. The molecule has 1 aromatic carbocycles. The molecular formula is C15H16N4S. The van der Waals surface area contributed by atoms with Gasteiger partial charge >= 0.3 is 0 Å². The van der Waals surface area contributed by atoms with Crippen LogP contribution in [0.2, 0.25) is 0 Å². The maximum Gasteiger partial charge on any atom is 0.151 e. The summed E-state index contributed by atoms with van der Waals surface area (Å²) in [6.07, 6.45) is 0. The zero-order valence-corrected chi connectivity index (χ0v) is 12.3. The molecule has 0 amide bonds. The quantitative estimate of drug-likeness (QED) is 0.802. The molecule has 3 rings (SSSR count). The molecule has 3 aromatic rings. The molecule has 2 heterocycles.